The van der Waals surface area contributed by atoms with E-state index in [4.69, 9.17) is 14.2 Å². The van der Waals surface area contributed by atoms with E-state index in [2.05, 4.69) is 0 Å². The lowest BCUT2D eigenvalue weighted by atomic mass is 10.0. The summed E-state index contributed by atoms with van der Waals surface area (Å²) in [7, 11) is 0. The molecule has 2 aliphatic heterocycles. The van der Waals surface area contributed by atoms with Gasteiger partial charge in [-0.05, 0) is 13.3 Å². The van der Waals surface area contributed by atoms with E-state index < -0.39 is 6.10 Å². The third-order valence-electron chi connectivity index (χ3n) is 2.34. The van der Waals surface area contributed by atoms with Crippen molar-refractivity contribution < 1.29 is 19.3 Å². The Labute approximate surface area is 71.4 Å². The molecule has 3 unspecified atom stereocenters. The fraction of sp³-hybridized carbons (Fsp3) is 1.00. The fourth-order valence-corrected chi connectivity index (χ4v) is 1.66. The molecule has 4 heteroatoms. The van der Waals surface area contributed by atoms with Gasteiger partial charge in [0.05, 0.1) is 12.7 Å². The SMILES string of the molecule is C[C@@H]1OCC2OCCC(O)C2O1. The maximum atomic E-state index is 9.56. The van der Waals surface area contributed by atoms with Crippen LogP contribution in [0.2, 0.25) is 0 Å². The van der Waals surface area contributed by atoms with Gasteiger partial charge in [-0.15, -0.1) is 0 Å². The van der Waals surface area contributed by atoms with Crippen LogP contribution in [-0.4, -0.2) is 42.9 Å². The van der Waals surface area contributed by atoms with Crippen LogP contribution in [0.4, 0.5) is 0 Å². The van der Waals surface area contributed by atoms with Crippen LogP contribution < -0.4 is 0 Å². The van der Waals surface area contributed by atoms with Crippen molar-refractivity contribution in [2.75, 3.05) is 13.2 Å². The Morgan fingerprint density at radius 2 is 2.17 bits per heavy atom. The van der Waals surface area contributed by atoms with Crippen molar-refractivity contribution >= 4 is 0 Å². The molecular weight excluding hydrogens is 160 g/mol. The molecule has 0 spiro atoms. The minimum Gasteiger partial charge on any atom is -0.390 e. The van der Waals surface area contributed by atoms with E-state index in [9.17, 15) is 5.11 Å². The summed E-state index contributed by atoms with van der Waals surface area (Å²) < 4.78 is 16.0. The Balaban J connectivity index is 2.00. The number of hydrogen-bond acceptors (Lipinski definition) is 4. The summed E-state index contributed by atoms with van der Waals surface area (Å²) in [5.74, 6) is 0. The van der Waals surface area contributed by atoms with Gasteiger partial charge in [0.2, 0.25) is 0 Å². The fourth-order valence-electron chi connectivity index (χ4n) is 1.66. The van der Waals surface area contributed by atoms with Gasteiger partial charge in [0.1, 0.15) is 12.2 Å². The topological polar surface area (TPSA) is 47.9 Å². The van der Waals surface area contributed by atoms with Gasteiger partial charge < -0.3 is 19.3 Å². The normalized spacial score (nSPS) is 48.5. The second-order valence-electron chi connectivity index (χ2n) is 3.27. The van der Waals surface area contributed by atoms with Gasteiger partial charge in [-0.2, -0.15) is 0 Å². The van der Waals surface area contributed by atoms with Crippen molar-refractivity contribution in [1.82, 2.24) is 0 Å². The predicted molar refractivity (Wildman–Crippen MR) is 40.7 cm³/mol. The molecule has 2 fully saturated rings. The first kappa shape index (κ1) is 8.44. The lowest BCUT2D eigenvalue weighted by molar-refractivity contribution is -0.288. The van der Waals surface area contributed by atoms with Gasteiger partial charge in [-0.3, -0.25) is 0 Å². The molecule has 0 bridgehead atoms. The van der Waals surface area contributed by atoms with E-state index in [-0.39, 0.29) is 18.5 Å². The molecule has 2 aliphatic rings. The van der Waals surface area contributed by atoms with Gasteiger partial charge in [0, 0.05) is 6.61 Å². The van der Waals surface area contributed by atoms with Gasteiger partial charge in [-0.25, -0.2) is 0 Å². The highest BCUT2D eigenvalue weighted by Gasteiger charge is 2.38. The van der Waals surface area contributed by atoms with Gasteiger partial charge in [0.15, 0.2) is 6.29 Å². The molecule has 2 heterocycles. The molecule has 0 aromatic rings. The first-order valence-electron chi connectivity index (χ1n) is 4.34. The van der Waals surface area contributed by atoms with E-state index in [1.165, 1.54) is 0 Å². The average molecular weight is 174 g/mol. The highest BCUT2D eigenvalue weighted by atomic mass is 16.7. The number of fused-ring (bicyclic) bond motifs is 1. The zero-order valence-corrected chi connectivity index (χ0v) is 7.10. The van der Waals surface area contributed by atoms with Gasteiger partial charge in [0.25, 0.3) is 0 Å². The molecular formula is C8H14O4. The average Bonchev–Trinajstić information content (AvgIpc) is 2.07. The van der Waals surface area contributed by atoms with Crippen LogP contribution in [0.3, 0.4) is 0 Å². The van der Waals surface area contributed by atoms with Gasteiger partial charge in [-0.1, -0.05) is 0 Å². The summed E-state index contributed by atoms with van der Waals surface area (Å²) >= 11 is 0. The second kappa shape index (κ2) is 3.30. The summed E-state index contributed by atoms with van der Waals surface area (Å²) in [6, 6.07) is 0. The molecule has 2 rings (SSSR count). The van der Waals surface area contributed by atoms with Crippen molar-refractivity contribution in [3.63, 3.8) is 0 Å². The van der Waals surface area contributed by atoms with E-state index >= 15 is 0 Å². The molecule has 0 aliphatic carbocycles. The Bertz CT molecular complexity index is 161. The van der Waals surface area contributed by atoms with Crippen LogP contribution in [0.1, 0.15) is 13.3 Å². The van der Waals surface area contributed by atoms with E-state index in [0.717, 1.165) is 0 Å². The third-order valence-corrected chi connectivity index (χ3v) is 2.34. The van der Waals surface area contributed by atoms with Crippen LogP contribution in [0.15, 0.2) is 0 Å². The largest absolute Gasteiger partial charge is 0.390 e. The molecule has 0 amide bonds. The Morgan fingerprint density at radius 3 is 3.00 bits per heavy atom. The Kier molecular flexibility index (Phi) is 2.32. The minimum atomic E-state index is -0.393. The summed E-state index contributed by atoms with van der Waals surface area (Å²) in [6.45, 7) is 2.96. The molecule has 0 radical (unpaired) electrons. The molecule has 4 atom stereocenters. The van der Waals surface area contributed by atoms with Crippen molar-refractivity contribution in [2.24, 2.45) is 0 Å². The van der Waals surface area contributed by atoms with E-state index in [1.807, 2.05) is 6.92 Å². The number of aliphatic hydroxyl groups excluding tert-OH is 1. The summed E-state index contributed by atoms with van der Waals surface area (Å²) in [5, 5.41) is 9.56. The lowest BCUT2D eigenvalue weighted by Gasteiger charge is -2.40. The van der Waals surface area contributed by atoms with E-state index in [0.29, 0.717) is 19.6 Å². The monoisotopic (exact) mass is 174 g/mol. The first-order valence-corrected chi connectivity index (χ1v) is 4.34. The Hall–Kier alpha value is -0.160. The molecule has 12 heavy (non-hydrogen) atoms. The van der Waals surface area contributed by atoms with Crippen LogP contribution in [0, 0.1) is 0 Å². The zero-order valence-electron chi connectivity index (χ0n) is 7.10. The molecule has 0 aromatic carbocycles. The third kappa shape index (κ3) is 1.47. The highest BCUT2D eigenvalue weighted by molar-refractivity contribution is 4.84. The van der Waals surface area contributed by atoms with Crippen LogP contribution >= 0.6 is 0 Å². The molecule has 70 valence electrons. The molecule has 1 N–H and O–H groups in total. The second-order valence-corrected chi connectivity index (χ2v) is 3.27. The van der Waals surface area contributed by atoms with Crippen LogP contribution in [-0.2, 0) is 14.2 Å². The molecule has 0 saturated carbocycles. The van der Waals surface area contributed by atoms with Crippen molar-refractivity contribution in [3.8, 4) is 0 Å². The predicted octanol–water partition coefficient (Wildman–Crippen LogP) is -0.102. The lowest BCUT2D eigenvalue weighted by Crippen LogP contribution is -2.53. The van der Waals surface area contributed by atoms with Crippen LogP contribution in [0.5, 0.6) is 0 Å². The van der Waals surface area contributed by atoms with Crippen LogP contribution in [0.25, 0.3) is 0 Å². The highest BCUT2D eigenvalue weighted by Crippen LogP contribution is 2.23. The molecule has 4 nitrogen and oxygen atoms in total. The summed E-state index contributed by atoms with van der Waals surface area (Å²) in [4.78, 5) is 0. The first-order chi connectivity index (χ1) is 5.77. The standard InChI is InChI=1S/C8H14O4/c1-5-11-4-7-8(12-5)6(9)2-3-10-7/h5-9H,2-4H2,1H3/t5-,6?,7?,8?/m1/s1. The van der Waals surface area contributed by atoms with Gasteiger partial charge >= 0.3 is 0 Å². The number of ether oxygens (including phenoxy) is 3. The quantitative estimate of drug-likeness (QED) is 0.557. The molecule has 0 aromatic heterocycles. The molecule has 2 saturated heterocycles. The minimum absolute atomic E-state index is 0.0788. The Morgan fingerprint density at radius 1 is 1.33 bits per heavy atom. The number of aliphatic hydroxyl groups is 1. The maximum absolute atomic E-state index is 9.56. The van der Waals surface area contributed by atoms with Crippen molar-refractivity contribution in [1.29, 1.82) is 0 Å². The van der Waals surface area contributed by atoms with Crippen molar-refractivity contribution in [3.05, 3.63) is 0 Å². The summed E-state index contributed by atoms with van der Waals surface area (Å²) in [6.07, 6.45) is -0.224. The van der Waals surface area contributed by atoms with Crippen molar-refractivity contribution in [2.45, 2.75) is 37.9 Å². The van der Waals surface area contributed by atoms with E-state index in [1.54, 1.807) is 0 Å². The summed E-state index contributed by atoms with van der Waals surface area (Å²) in [5.41, 5.74) is 0. The number of hydrogen-bond donors (Lipinski definition) is 1. The smallest absolute Gasteiger partial charge is 0.155 e. The zero-order chi connectivity index (χ0) is 8.55. The number of rotatable bonds is 0. The maximum Gasteiger partial charge on any atom is 0.155 e.